The molecule has 3 heteroatoms. The third kappa shape index (κ3) is 1.67. The Labute approximate surface area is 80.5 Å². The summed E-state index contributed by atoms with van der Waals surface area (Å²) < 4.78 is 0.907. The van der Waals surface area contributed by atoms with Crippen LogP contribution in [-0.2, 0) is 0 Å². The number of pyridine rings is 1. The lowest BCUT2D eigenvalue weighted by Gasteiger charge is -2.08. The third-order valence-corrected chi connectivity index (χ3v) is 2.68. The number of rotatable bonds is 1. The van der Waals surface area contributed by atoms with Gasteiger partial charge in [0.05, 0.1) is 0 Å². The van der Waals surface area contributed by atoms with E-state index in [1.807, 2.05) is 12.3 Å². The van der Waals surface area contributed by atoms with Crippen LogP contribution in [0.3, 0.4) is 0 Å². The SMILES string of the molecule is Brc1ccc(C2CCCN2)cn1. The minimum absolute atomic E-state index is 0.533. The molecule has 12 heavy (non-hydrogen) atoms. The van der Waals surface area contributed by atoms with E-state index in [2.05, 4.69) is 32.3 Å². The third-order valence-electron chi connectivity index (χ3n) is 2.21. The quantitative estimate of drug-likeness (QED) is 0.744. The summed E-state index contributed by atoms with van der Waals surface area (Å²) in [6, 6.07) is 4.65. The van der Waals surface area contributed by atoms with Gasteiger partial charge in [0.1, 0.15) is 4.60 Å². The number of nitrogens with zero attached hydrogens (tertiary/aromatic N) is 1. The summed E-state index contributed by atoms with van der Waals surface area (Å²) in [4.78, 5) is 4.20. The molecule has 0 amide bonds. The molecule has 1 unspecified atom stereocenters. The fourth-order valence-corrected chi connectivity index (χ4v) is 1.80. The van der Waals surface area contributed by atoms with Gasteiger partial charge in [0, 0.05) is 12.2 Å². The van der Waals surface area contributed by atoms with Gasteiger partial charge < -0.3 is 5.32 Å². The molecule has 1 aromatic heterocycles. The van der Waals surface area contributed by atoms with Gasteiger partial charge >= 0.3 is 0 Å². The van der Waals surface area contributed by atoms with Crippen LogP contribution in [0, 0.1) is 0 Å². The van der Waals surface area contributed by atoms with Crippen LogP contribution in [0.5, 0.6) is 0 Å². The Morgan fingerprint density at radius 1 is 1.50 bits per heavy atom. The minimum atomic E-state index is 0.533. The zero-order chi connectivity index (χ0) is 8.39. The van der Waals surface area contributed by atoms with Crippen molar-refractivity contribution in [2.45, 2.75) is 18.9 Å². The maximum atomic E-state index is 4.20. The van der Waals surface area contributed by atoms with Gasteiger partial charge in [0.25, 0.3) is 0 Å². The number of halogens is 1. The monoisotopic (exact) mass is 226 g/mol. The molecule has 0 spiro atoms. The van der Waals surface area contributed by atoms with E-state index in [0.29, 0.717) is 6.04 Å². The van der Waals surface area contributed by atoms with Gasteiger partial charge in [0.15, 0.2) is 0 Å². The van der Waals surface area contributed by atoms with E-state index < -0.39 is 0 Å². The maximum Gasteiger partial charge on any atom is 0.106 e. The molecule has 2 nitrogen and oxygen atoms in total. The number of hydrogen-bond donors (Lipinski definition) is 1. The molecule has 64 valence electrons. The van der Waals surface area contributed by atoms with Crippen LogP contribution < -0.4 is 5.32 Å². The summed E-state index contributed by atoms with van der Waals surface area (Å²) in [5.41, 5.74) is 1.30. The second-order valence-electron chi connectivity index (χ2n) is 3.06. The van der Waals surface area contributed by atoms with Crippen LogP contribution in [0.4, 0.5) is 0 Å². The van der Waals surface area contributed by atoms with Crippen LogP contribution in [0.2, 0.25) is 0 Å². The van der Waals surface area contributed by atoms with Crippen molar-refractivity contribution in [2.75, 3.05) is 6.54 Å². The Morgan fingerprint density at radius 3 is 3.00 bits per heavy atom. The predicted octanol–water partition coefficient (Wildman–Crippen LogP) is 2.27. The van der Waals surface area contributed by atoms with Gasteiger partial charge in [-0.2, -0.15) is 0 Å². The van der Waals surface area contributed by atoms with Crippen molar-refractivity contribution >= 4 is 15.9 Å². The van der Waals surface area contributed by atoms with E-state index in [0.717, 1.165) is 11.1 Å². The number of hydrogen-bond acceptors (Lipinski definition) is 2. The molecular weight excluding hydrogens is 216 g/mol. The molecule has 1 aliphatic rings. The van der Waals surface area contributed by atoms with Gasteiger partial charge in [-0.3, -0.25) is 0 Å². The van der Waals surface area contributed by atoms with Gasteiger partial charge in [-0.15, -0.1) is 0 Å². The molecule has 0 bridgehead atoms. The fourth-order valence-electron chi connectivity index (χ4n) is 1.56. The maximum absolute atomic E-state index is 4.20. The van der Waals surface area contributed by atoms with E-state index >= 15 is 0 Å². The van der Waals surface area contributed by atoms with Crippen LogP contribution in [0.1, 0.15) is 24.4 Å². The van der Waals surface area contributed by atoms with E-state index in [9.17, 15) is 0 Å². The van der Waals surface area contributed by atoms with Crippen molar-refractivity contribution in [2.24, 2.45) is 0 Å². The van der Waals surface area contributed by atoms with Crippen molar-refractivity contribution in [3.8, 4) is 0 Å². The fraction of sp³-hybridized carbons (Fsp3) is 0.444. The van der Waals surface area contributed by atoms with E-state index in [4.69, 9.17) is 0 Å². The van der Waals surface area contributed by atoms with Gasteiger partial charge in [-0.1, -0.05) is 6.07 Å². The van der Waals surface area contributed by atoms with Crippen molar-refractivity contribution < 1.29 is 0 Å². The second-order valence-corrected chi connectivity index (χ2v) is 3.88. The normalized spacial score (nSPS) is 22.9. The molecule has 1 N–H and O–H groups in total. The zero-order valence-corrected chi connectivity index (χ0v) is 8.34. The number of aromatic nitrogens is 1. The second kappa shape index (κ2) is 3.54. The molecule has 2 heterocycles. The molecule has 0 aromatic carbocycles. The minimum Gasteiger partial charge on any atom is -0.310 e. The molecule has 2 rings (SSSR count). The van der Waals surface area contributed by atoms with Gasteiger partial charge in [-0.25, -0.2) is 4.98 Å². The van der Waals surface area contributed by atoms with Crippen LogP contribution in [-0.4, -0.2) is 11.5 Å². The molecule has 1 fully saturated rings. The first-order valence-corrected chi connectivity index (χ1v) is 5.00. The lowest BCUT2D eigenvalue weighted by atomic mass is 10.1. The van der Waals surface area contributed by atoms with E-state index in [-0.39, 0.29) is 0 Å². The molecule has 1 aliphatic heterocycles. The van der Waals surface area contributed by atoms with Crippen molar-refractivity contribution in [3.63, 3.8) is 0 Å². The van der Waals surface area contributed by atoms with Gasteiger partial charge in [0.2, 0.25) is 0 Å². The Bertz CT molecular complexity index is 252. The highest BCUT2D eigenvalue weighted by Gasteiger charge is 2.15. The highest BCUT2D eigenvalue weighted by atomic mass is 79.9. The first kappa shape index (κ1) is 8.20. The average molecular weight is 227 g/mol. The van der Waals surface area contributed by atoms with Crippen LogP contribution in [0.15, 0.2) is 22.9 Å². The number of nitrogens with one attached hydrogen (secondary N) is 1. The Hall–Kier alpha value is -0.410. The largest absolute Gasteiger partial charge is 0.310 e. The van der Waals surface area contributed by atoms with Crippen molar-refractivity contribution in [3.05, 3.63) is 28.5 Å². The standard InChI is InChI=1S/C9H11BrN2/c10-9-4-3-7(6-12-9)8-2-1-5-11-8/h3-4,6,8,11H,1-2,5H2. The van der Waals surface area contributed by atoms with Crippen LogP contribution in [0.25, 0.3) is 0 Å². The molecule has 0 saturated carbocycles. The van der Waals surface area contributed by atoms with Crippen molar-refractivity contribution in [1.29, 1.82) is 0 Å². The summed E-state index contributed by atoms with van der Waals surface area (Å²) >= 11 is 3.32. The molecule has 1 atom stereocenters. The smallest absolute Gasteiger partial charge is 0.106 e. The lowest BCUT2D eigenvalue weighted by Crippen LogP contribution is -2.12. The van der Waals surface area contributed by atoms with Crippen molar-refractivity contribution in [1.82, 2.24) is 10.3 Å². The summed E-state index contributed by atoms with van der Waals surface area (Å²) in [7, 11) is 0. The zero-order valence-electron chi connectivity index (χ0n) is 6.76. The average Bonchev–Trinajstić information content (AvgIpc) is 2.58. The highest BCUT2D eigenvalue weighted by Crippen LogP contribution is 2.22. The first-order valence-electron chi connectivity index (χ1n) is 4.21. The summed E-state index contributed by atoms with van der Waals surface area (Å²) in [5.74, 6) is 0. The molecule has 1 saturated heterocycles. The van der Waals surface area contributed by atoms with E-state index in [1.54, 1.807) is 0 Å². The van der Waals surface area contributed by atoms with Gasteiger partial charge in [-0.05, 0) is 46.9 Å². The molecule has 1 aromatic rings. The first-order chi connectivity index (χ1) is 5.86. The summed E-state index contributed by atoms with van der Waals surface area (Å²) in [5, 5.41) is 3.44. The summed E-state index contributed by atoms with van der Waals surface area (Å²) in [6.07, 6.45) is 4.46. The Morgan fingerprint density at radius 2 is 2.42 bits per heavy atom. The summed E-state index contributed by atoms with van der Waals surface area (Å²) in [6.45, 7) is 1.14. The topological polar surface area (TPSA) is 24.9 Å². The Kier molecular flexibility index (Phi) is 2.42. The molecule has 0 aliphatic carbocycles. The molecular formula is C9H11BrN2. The van der Waals surface area contributed by atoms with Crippen LogP contribution >= 0.6 is 15.9 Å². The predicted molar refractivity (Wildman–Crippen MR) is 51.9 cm³/mol. The Balaban J connectivity index is 2.17. The lowest BCUT2D eigenvalue weighted by molar-refractivity contribution is 0.644. The van der Waals surface area contributed by atoms with E-state index in [1.165, 1.54) is 18.4 Å². The highest BCUT2D eigenvalue weighted by molar-refractivity contribution is 9.10. The molecule has 0 radical (unpaired) electrons.